The van der Waals surface area contributed by atoms with Gasteiger partial charge in [-0.1, -0.05) is 18.6 Å². The molecule has 2 fully saturated rings. The molecule has 0 spiro atoms. The van der Waals surface area contributed by atoms with E-state index in [0.29, 0.717) is 11.3 Å². The van der Waals surface area contributed by atoms with Crippen molar-refractivity contribution < 1.29 is 5.11 Å². The Balaban J connectivity index is 1.88. The van der Waals surface area contributed by atoms with E-state index in [2.05, 4.69) is 26.8 Å². The molecule has 0 saturated heterocycles. The molecule has 2 saturated carbocycles. The number of fused-ring (bicyclic) bond motifs is 1. The molecule has 16 heavy (non-hydrogen) atoms. The Morgan fingerprint density at radius 1 is 1.44 bits per heavy atom. The van der Waals surface area contributed by atoms with Crippen LogP contribution in [-0.4, -0.2) is 10.7 Å². The van der Waals surface area contributed by atoms with Gasteiger partial charge in [0.2, 0.25) is 0 Å². The van der Waals surface area contributed by atoms with E-state index < -0.39 is 0 Å². The van der Waals surface area contributed by atoms with Gasteiger partial charge in [-0.2, -0.15) is 0 Å². The normalized spacial score (nSPS) is 42.7. The second kappa shape index (κ2) is 3.87. The molecule has 0 aromatic rings. The van der Waals surface area contributed by atoms with Crippen LogP contribution in [0.2, 0.25) is 0 Å². The van der Waals surface area contributed by atoms with Gasteiger partial charge in [0.15, 0.2) is 0 Å². The second-order valence-electron chi connectivity index (χ2n) is 6.61. The zero-order valence-electron chi connectivity index (χ0n) is 11.2. The molecular weight excluding hydrogens is 196 g/mol. The highest BCUT2D eigenvalue weighted by Gasteiger charge is 2.67. The number of aliphatic hydroxyl groups is 1. The summed E-state index contributed by atoms with van der Waals surface area (Å²) in [4.78, 5) is 0. The lowest BCUT2D eigenvalue weighted by molar-refractivity contribution is 0.0423. The van der Waals surface area contributed by atoms with Gasteiger partial charge < -0.3 is 5.11 Å². The predicted molar refractivity (Wildman–Crippen MR) is 68.2 cm³/mol. The van der Waals surface area contributed by atoms with Gasteiger partial charge >= 0.3 is 0 Å². The fourth-order valence-corrected chi connectivity index (χ4v) is 3.80. The Kier molecular flexibility index (Phi) is 2.94. The van der Waals surface area contributed by atoms with E-state index in [1.807, 2.05) is 6.92 Å². The predicted octanol–water partition coefficient (Wildman–Crippen LogP) is 3.92. The smallest absolute Gasteiger partial charge is 0.0653 e. The highest BCUT2D eigenvalue weighted by atomic mass is 16.3. The largest absolute Gasteiger partial charge is 0.390 e. The van der Waals surface area contributed by atoms with Crippen LogP contribution in [0.4, 0.5) is 0 Å². The van der Waals surface area contributed by atoms with E-state index in [1.165, 1.54) is 31.3 Å². The van der Waals surface area contributed by atoms with Crippen molar-refractivity contribution in [2.75, 3.05) is 0 Å². The minimum Gasteiger partial charge on any atom is -0.390 e. The molecule has 0 amide bonds. The fourth-order valence-electron chi connectivity index (χ4n) is 3.80. The van der Waals surface area contributed by atoms with Gasteiger partial charge in [-0.3, -0.25) is 0 Å². The lowest BCUT2D eigenvalue weighted by atomic mass is 9.84. The minimum absolute atomic E-state index is 0.356. The highest BCUT2D eigenvalue weighted by Crippen LogP contribution is 2.71. The second-order valence-corrected chi connectivity index (χ2v) is 6.61. The molecule has 2 aliphatic rings. The quantitative estimate of drug-likeness (QED) is 0.715. The Hall–Kier alpha value is -0.300. The Morgan fingerprint density at radius 2 is 2.12 bits per heavy atom. The molecule has 2 rings (SSSR count). The summed E-state index contributed by atoms with van der Waals surface area (Å²) >= 11 is 0. The van der Waals surface area contributed by atoms with Crippen LogP contribution in [0.5, 0.6) is 0 Å². The summed E-state index contributed by atoms with van der Waals surface area (Å²) in [5.74, 6) is 1.38. The van der Waals surface area contributed by atoms with Crippen molar-refractivity contribution >= 4 is 0 Å². The van der Waals surface area contributed by atoms with E-state index >= 15 is 0 Å². The van der Waals surface area contributed by atoms with Crippen LogP contribution >= 0.6 is 0 Å². The van der Waals surface area contributed by atoms with Crippen LogP contribution in [0.25, 0.3) is 0 Å². The van der Waals surface area contributed by atoms with E-state index in [4.69, 9.17) is 0 Å². The third kappa shape index (κ3) is 1.95. The minimum atomic E-state index is -0.356. The van der Waals surface area contributed by atoms with E-state index in [9.17, 15) is 5.11 Å². The summed E-state index contributed by atoms with van der Waals surface area (Å²) in [6, 6.07) is 0. The van der Waals surface area contributed by atoms with Crippen LogP contribution in [-0.2, 0) is 0 Å². The van der Waals surface area contributed by atoms with Crippen molar-refractivity contribution in [2.24, 2.45) is 17.3 Å². The van der Waals surface area contributed by atoms with E-state index in [-0.39, 0.29) is 5.60 Å². The molecule has 0 heterocycles. The first-order valence-electron chi connectivity index (χ1n) is 6.74. The topological polar surface area (TPSA) is 20.2 Å². The Morgan fingerprint density at radius 3 is 2.56 bits per heavy atom. The molecule has 0 aromatic carbocycles. The molecule has 0 aromatic heterocycles. The molecule has 2 aliphatic carbocycles. The summed E-state index contributed by atoms with van der Waals surface area (Å²) < 4.78 is 0. The SMILES string of the molecule is CC(C)=CCC[C@H](C)[C@]12CC[C@@](C)(O)[C@H]1C2. The van der Waals surface area contributed by atoms with Gasteiger partial charge in [0, 0.05) is 0 Å². The van der Waals surface area contributed by atoms with Crippen LogP contribution in [0.15, 0.2) is 11.6 Å². The molecule has 0 aliphatic heterocycles. The average molecular weight is 222 g/mol. The van der Waals surface area contributed by atoms with Crippen LogP contribution in [0.3, 0.4) is 0 Å². The van der Waals surface area contributed by atoms with Crippen molar-refractivity contribution in [3.63, 3.8) is 0 Å². The third-order valence-electron chi connectivity index (χ3n) is 5.10. The van der Waals surface area contributed by atoms with Crippen molar-refractivity contribution in [3.8, 4) is 0 Å². The molecule has 0 bridgehead atoms. The Labute approximate surface area is 99.9 Å². The molecule has 1 heteroatoms. The first kappa shape index (κ1) is 12.2. The van der Waals surface area contributed by atoms with Gasteiger partial charge in [0.25, 0.3) is 0 Å². The lowest BCUT2D eigenvalue weighted by Gasteiger charge is -2.21. The van der Waals surface area contributed by atoms with Crippen molar-refractivity contribution in [1.82, 2.24) is 0 Å². The maximum Gasteiger partial charge on any atom is 0.0653 e. The van der Waals surface area contributed by atoms with Crippen LogP contribution in [0.1, 0.15) is 59.8 Å². The molecule has 0 radical (unpaired) electrons. The first-order chi connectivity index (χ1) is 7.38. The molecule has 1 nitrogen and oxygen atoms in total. The maximum atomic E-state index is 10.2. The van der Waals surface area contributed by atoms with Gasteiger partial charge in [-0.05, 0) is 70.1 Å². The molecule has 1 N–H and O–H groups in total. The summed E-state index contributed by atoms with van der Waals surface area (Å²) in [7, 11) is 0. The zero-order chi connectivity index (χ0) is 12.0. The highest BCUT2D eigenvalue weighted by molar-refractivity contribution is 5.17. The van der Waals surface area contributed by atoms with Gasteiger partial charge in [-0.15, -0.1) is 0 Å². The number of rotatable bonds is 4. The third-order valence-corrected chi connectivity index (χ3v) is 5.10. The van der Waals surface area contributed by atoms with Crippen molar-refractivity contribution in [1.29, 1.82) is 0 Å². The summed E-state index contributed by atoms with van der Waals surface area (Å²) in [6.45, 7) is 8.77. The van der Waals surface area contributed by atoms with Gasteiger partial charge in [-0.25, -0.2) is 0 Å². The number of hydrogen-bond acceptors (Lipinski definition) is 1. The van der Waals surface area contributed by atoms with Crippen molar-refractivity contribution in [2.45, 2.75) is 65.4 Å². The summed E-state index contributed by atoms with van der Waals surface area (Å²) in [5, 5.41) is 10.2. The number of allylic oxidation sites excluding steroid dienone is 2. The number of hydrogen-bond donors (Lipinski definition) is 1. The molecule has 4 atom stereocenters. The van der Waals surface area contributed by atoms with E-state index in [1.54, 1.807) is 0 Å². The zero-order valence-corrected chi connectivity index (χ0v) is 11.2. The maximum absolute atomic E-state index is 10.2. The Bertz CT molecular complexity index is 299. The summed E-state index contributed by atoms with van der Waals surface area (Å²) in [5.41, 5.74) is 1.58. The molecular formula is C15H26O. The van der Waals surface area contributed by atoms with Crippen molar-refractivity contribution in [3.05, 3.63) is 11.6 Å². The monoisotopic (exact) mass is 222 g/mol. The first-order valence-corrected chi connectivity index (χ1v) is 6.74. The lowest BCUT2D eigenvalue weighted by Crippen LogP contribution is -2.23. The average Bonchev–Trinajstić information content (AvgIpc) is 2.85. The van der Waals surface area contributed by atoms with Gasteiger partial charge in [0.1, 0.15) is 0 Å². The van der Waals surface area contributed by atoms with E-state index in [0.717, 1.165) is 12.3 Å². The molecule has 0 unspecified atom stereocenters. The van der Waals surface area contributed by atoms with Gasteiger partial charge in [0.05, 0.1) is 5.60 Å². The standard InChI is InChI=1S/C15H26O/c1-11(2)6-5-7-12(3)15-9-8-14(4,16)13(15)10-15/h6,12-13,16H,5,7-10H2,1-4H3/t12-,13+,14+,15+/m0/s1. The fraction of sp³-hybridized carbons (Fsp3) is 0.867. The summed E-state index contributed by atoms with van der Waals surface area (Å²) in [6.07, 6.45) is 8.39. The van der Waals surface area contributed by atoms with Crippen LogP contribution in [0, 0.1) is 17.3 Å². The molecule has 92 valence electrons. The van der Waals surface area contributed by atoms with Crippen LogP contribution < -0.4 is 0 Å².